The summed E-state index contributed by atoms with van der Waals surface area (Å²) in [5.41, 5.74) is 21.6. The van der Waals surface area contributed by atoms with E-state index in [-0.39, 0.29) is 10.8 Å². The van der Waals surface area contributed by atoms with Crippen LogP contribution in [0.3, 0.4) is 0 Å². The van der Waals surface area contributed by atoms with Crippen LogP contribution in [0.2, 0.25) is 0 Å². The zero-order valence-corrected chi connectivity index (χ0v) is 32.3. The molecule has 0 radical (unpaired) electrons. The van der Waals surface area contributed by atoms with Crippen LogP contribution in [0.25, 0.3) is 83.3 Å². The zero-order valence-electron chi connectivity index (χ0n) is 32.3. The molecule has 3 aliphatic rings. The van der Waals surface area contributed by atoms with E-state index >= 15 is 0 Å². The fourth-order valence-electron chi connectivity index (χ4n) is 10.0. The second kappa shape index (κ2) is 12.1. The normalized spacial score (nSPS) is 15.9. The maximum atomic E-state index is 5.61. The van der Waals surface area contributed by atoms with Gasteiger partial charge in [0.25, 0.3) is 0 Å². The highest BCUT2D eigenvalue weighted by atomic mass is 14.8. The van der Waals surface area contributed by atoms with E-state index < -0.39 is 0 Å². The van der Waals surface area contributed by atoms with Crippen LogP contribution in [0.15, 0.2) is 163 Å². The van der Waals surface area contributed by atoms with Crippen molar-refractivity contribution in [2.24, 2.45) is 0 Å². The van der Waals surface area contributed by atoms with Crippen molar-refractivity contribution in [1.29, 1.82) is 0 Å². The van der Waals surface area contributed by atoms with E-state index in [0.717, 1.165) is 68.3 Å². The van der Waals surface area contributed by atoms with E-state index in [0.29, 0.717) is 0 Å². The minimum absolute atomic E-state index is 0.0593. The molecule has 0 aliphatic heterocycles. The summed E-state index contributed by atoms with van der Waals surface area (Å²) >= 11 is 0. The quantitative estimate of drug-likeness (QED) is 0.169. The summed E-state index contributed by atoms with van der Waals surface area (Å²) in [6, 6.07) is 53.4. The van der Waals surface area contributed by atoms with E-state index in [1.807, 2.05) is 0 Å². The molecule has 0 fully saturated rings. The Hall–Kier alpha value is -6.38. The van der Waals surface area contributed by atoms with Gasteiger partial charge in [0.1, 0.15) is 0 Å². The highest BCUT2D eigenvalue weighted by Crippen LogP contribution is 2.52. The fourth-order valence-corrected chi connectivity index (χ4v) is 10.0. The minimum Gasteiger partial charge on any atom is -0.245 e. The average Bonchev–Trinajstić information content (AvgIpc) is 3.62. The molecule has 0 N–H and O–H groups in total. The van der Waals surface area contributed by atoms with Gasteiger partial charge in [-0.1, -0.05) is 161 Å². The van der Waals surface area contributed by atoms with Crippen molar-refractivity contribution >= 4 is 27.4 Å². The third-order valence-electron chi connectivity index (χ3n) is 13.0. The van der Waals surface area contributed by atoms with Gasteiger partial charge >= 0.3 is 0 Å². The molecule has 8 aromatic rings. The molecule has 268 valence electrons. The lowest BCUT2D eigenvalue weighted by Crippen LogP contribution is -2.16. The van der Waals surface area contributed by atoms with Gasteiger partial charge in [0.15, 0.2) is 0 Å². The summed E-state index contributed by atoms with van der Waals surface area (Å²) < 4.78 is 0. The van der Waals surface area contributed by atoms with Crippen LogP contribution in [0.4, 0.5) is 0 Å². The second-order valence-corrected chi connectivity index (χ2v) is 16.8. The number of fused-ring (bicyclic) bond motifs is 8. The molecular formula is C54H42N2. The Labute approximate surface area is 329 Å². The Bertz CT molecular complexity index is 3000. The van der Waals surface area contributed by atoms with Crippen LogP contribution in [-0.4, -0.2) is 9.97 Å². The molecular weight excluding hydrogens is 677 g/mol. The van der Waals surface area contributed by atoms with Crippen molar-refractivity contribution in [2.75, 3.05) is 0 Å². The maximum absolute atomic E-state index is 5.61. The van der Waals surface area contributed by atoms with Crippen molar-refractivity contribution in [1.82, 2.24) is 9.97 Å². The van der Waals surface area contributed by atoms with E-state index in [1.165, 1.54) is 55.7 Å². The lowest BCUT2D eigenvalue weighted by Gasteiger charge is -2.24. The molecule has 2 heteroatoms. The molecule has 2 aromatic heterocycles. The minimum atomic E-state index is -0.107. The lowest BCUT2D eigenvalue weighted by molar-refractivity contribution is 0.651. The maximum Gasteiger partial charge on any atom is 0.0978 e. The second-order valence-electron chi connectivity index (χ2n) is 16.8. The van der Waals surface area contributed by atoms with Crippen molar-refractivity contribution in [3.05, 3.63) is 186 Å². The number of rotatable bonds is 4. The van der Waals surface area contributed by atoms with Gasteiger partial charge < -0.3 is 0 Å². The number of hydrogen-bond acceptors (Lipinski definition) is 2. The number of hydrogen-bond donors (Lipinski definition) is 0. The Kier molecular flexibility index (Phi) is 7.11. The molecule has 6 aromatic carbocycles. The Balaban J connectivity index is 1.17. The summed E-state index contributed by atoms with van der Waals surface area (Å²) in [4.78, 5) is 11.2. The highest BCUT2D eigenvalue weighted by Gasteiger charge is 2.38. The predicted octanol–water partition coefficient (Wildman–Crippen LogP) is 14.2. The van der Waals surface area contributed by atoms with Crippen molar-refractivity contribution < 1.29 is 0 Å². The third kappa shape index (κ3) is 4.81. The molecule has 2 heterocycles. The number of nitrogens with zero attached hydrogens (tertiary/aromatic N) is 2. The van der Waals surface area contributed by atoms with Crippen LogP contribution < -0.4 is 0 Å². The van der Waals surface area contributed by atoms with Crippen molar-refractivity contribution in [2.45, 2.75) is 51.4 Å². The monoisotopic (exact) mass is 718 g/mol. The van der Waals surface area contributed by atoms with Gasteiger partial charge in [-0.15, -0.1) is 0 Å². The predicted molar refractivity (Wildman–Crippen MR) is 235 cm³/mol. The summed E-state index contributed by atoms with van der Waals surface area (Å²) in [5.74, 6) is 0. The van der Waals surface area contributed by atoms with Gasteiger partial charge in [-0.3, -0.25) is 0 Å². The van der Waals surface area contributed by atoms with Crippen molar-refractivity contribution in [3.63, 3.8) is 0 Å². The van der Waals surface area contributed by atoms with E-state index in [2.05, 4.69) is 185 Å². The molecule has 0 saturated heterocycles. The van der Waals surface area contributed by atoms with Crippen molar-refractivity contribution in [3.8, 4) is 55.9 Å². The summed E-state index contributed by atoms with van der Waals surface area (Å²) in [7, 11) is 0. The molecule has 0 amide bonds. The number of pyridine rings is 2. The molecule has 56 heavy (non-hydrogen) atoms. The van der Waals surface area contributed by atoms with Crippen LogP contribution in [0, 0.1) is 0 Å². The van der Waals surface area contributed by atoms with Gasteiger partial charge in [0.05, 0.1) is 22.4 Å². The molecule has 0 unspecified atom stereocenters. The number of allylic oxidation sites excluding steroid dienone is 4. The summed E-state index contributed by atoms with van der Waals surface area (Å²) in [5, 5.41) is 2.20. The Morgan fingerprint density at radius 1 is 0.429 bits per heavy atom. The highest BCUT2D eigenvalue weighted by molar-refractivity contribution is 6.13. The molecule has 11 rings (SSSR count). The summed E-state index contributed by atoms with van der Waals surface area (Å²) in [6.07, 6.45) is 6.91. The smallest absolute Gasteiger partial charge is 0.0978 e. The van der Waals surface area contributed by atoms with E-state index in [9.17, 15) is 0 Å². The average molecular weight is 719 g/mol. The Morgan fingerprint density at radius 2 is 0.946 bits per heavy atom. The first kappa shape index (κ1) is 33.0. The van der Waals surface area contributed by atoms with Gasteiger partial charge in [-0.25, -0.2) is 9.97 Å². The number of aromatic nitrogens is 2. The van der Waals surface area contributed by atoms with Crippen LogP contribution in [0.1, 0.15) is 62.8 Å². The molecule has 0 atom stereocenters. The molecule has 0 saturated carbocycles. The largest absolute Gasteiger partial charge is 0.245 e. The fraction of sp³-hybridized carbons (Fsp3) is 0.148. The molecule has 3 aliphatic carbocycles. The first-order chi connectivity index (χ1) is 27.3. The zero-order chi connectivity index (χ0) is 37.8. The van der Waals surface area contributed by atoms with Crippen LogP contribution >= 0.6 is 0 Å². The van der Waals surface area contributed by atoms with Crippen LogP contribution in [-0.2, 0) is 10.8 Å². The van der Waals surface area contributed by atoms with Gasteiger partial charge in [-0.05, 0) is 104 Å². The first-order valence-corrected chi connectivity index (χ1v) is 20.0. The van der Waals surface area contributed by atoms with Gasteiger partial charge in [0.2, 0.25) is 0 Å². The standard InChI is InChI=1S/C54H42N2/c1-53(2)45-21-13-11-19-37(45)39-25-23-35(29-47(39)53)49-31-43(33-15-7-5-8-16-33)41-27-28-42-44(34-17-9-6-10-18-34)32-50(56-52(42)51(41)55-49)36-24-26-40-38-20-12-14-22-46(38)54(3,4)48(40)30-36/h5-11,13-19,21-32H,12,20H2,1-4H3. The molecule has 2 nitrogen and oxygen atoms in total. The van der Waals surface area contributed by atoms with E-state index in [1.54, 1.807) is 0 Å². The lowest BCUT2D eigenvalue weighted by atomic mass is 9.79. The summed E-state index contributed by atoms with van der Waals surface area (Å²) in [6.45, 7) is 9.44. The SMILES string of the molecule is CC1(C)C2=C(CCC=C2)c2ccc(-c3cc(-c4ccccc4)c4ccc5c(-c6ccccc6)cc(-c6ccc7c(c6)C(C)(C)c6ccccc6-7)nc5c4n3)cc21. The Morgan fingerprint density at radius 3 is 1.55 bits per heavy atom. The number of benzene rings is 6. The first-order valence-electron chi connectivity index (χ1n) is 20.0. The topological polar surface area (TPSA) is 25.8 Å². The van der Waals surface area contributed by atoms with Crippen LogP contribution in [0.5, 0.6) is 0 Å². The van der Waals surface area contributed by atoms with E-state index in [4.69, 9.17) is 9.97 Å². The molecule has 0 bridgehead atoms. The van der Waals surface area contributed by atoms with Gasteiger partial charge in [0, 0.05) is 32.7 Å². The molecule has 0 spiro atoms. The third-order valence-corrected chi connectivity index (χ3v) is 13.0. The van der Waals surface area contributed by atoms with Gasteiger partial charge in [-0.2, -0.15) is 0 Å².